The van der Waals surface area contributed by atoms with Gasteiger partial charge in [-0.25, -0.2) is 0 Å². The number of carbonyl (C=O) groups excluding carboxylic acids is 2. The number of thiocarbonyl (C=S) groups is 1. The lowest BCUT2D eigenvalue weighted by molar-refractivity contribution is -0.131. The highest BCUT2D eigenvalue weighted by Crippen LogP contribution is 2.29. The molecule has 1 aliphatic rings. The van der Waals surface area contributed by atoms with E-state index in [9.17, 15) is 9.59 Å². The van der Waals surface area contributed by atoms with Gasteiger partial charge in [0.15, 0.2) is 5.11 Å². The molecule has 1 heterocycles. The van der Waals surface area contributed by atoms with Crippen LogP contribution in [0.4, 0.5) is 11.4 Å². The number of hydrogen-bond donors (Lipinski definition) is 2. The van der Waals surface area contributed by atoms with Crippen molar-refractivity contribution in [1.29, 1.82) is 0 Å². The second-order valence-electron chi connectivity index (χ2n) is 6.88. The Hall–Kier alpha value is -1.86. The summed E-state index contributed by atoms with van der Waals surface area (Å²) in [6.45, 7) is 8.55. The van der Waals surface area contributed by atoms with Crippen LogP contribution in [0, 0.1) is 5.92 Å². The number of hydrogen-bond acceptors (Lipinski definition) is 4. The molecule has 0 bridgehead atoms. The Morgan fingerprint density at radius 2 is 1.89 bits per heavy atom. The third kappa shape index (κ3) is 6.07. The molecular weight excluding hydrogens is 384 g/mol. The zero-order valence-electron chi connectivity index (χ0n) is 16.0. The van der Waals surface area contributed by atoms with E-state index in [4.69, 9.17) is 23.8 Å². The van der Waals surface area contributed by atoms with Crippen LogP contribution in [0.15, 0.2) is 18.2 Å². The normalized spacial score (nSPS) is 14.3. The highest BCUT2D eigenvalue weighted by Gasteiger charge is 2.22. The SMILES string of the molecule is CCCC(=O)N1CCN(c2ccc(NC(=S)NC(=O)C(C)C)cc2Cl)CC1. The summed E-state index contributed by atoms with van der Waals surface area (Å²) in [6.07, 6.45) is 1.48. The highest BCUT2D eigenvalue weighted by molar-refractivity contribution is 7.80. The number of nitrogens with one attached hydrogen (secondary N) is 2. The number of amides is 2. The van der Waals surface area contributed by atoms with Gasteiger partial charge < -0.3 is 20.4 Å². The summed E-state index contributed by atoms with van der Waals surface area (Å²) in [5, 5.41) is 6.47. The molecule has 0 aliphatic carbocycles. The number of anilines is 2. The van der Waals surface area contributed by atoms with E-state index in [1.54, 1.807) is 19.9 Å². The minimum Gasteiger partial charge on any atom is -0.367 e. The zero-order valence-corrected chi connectivity index (χ0v) is 17.6. The van der Waals surface area contributed by atoms with Gasteiger partial charge in [-0.2, -0.15) is 0 Å². The molecule has 0 saturated carbocycles. The van der Waals surface area contributed by atoms with E-state index in [1.165, 1.54) is 0 Å². The first-order valence-corrected chi connectivity index (χ1v) is 10.0. The van der Waals surface area contributed by atoms with Crippen molar-refractivity contribution in [3.63, 3.8) is 0 Å². The van der Waals surface area contributed by atoms with Crippen LogP contribution in [-0.2, 0) is 9.59 Å². The van der Waals surface area contributed by atoms with Crippen molar-refractivity contribution in [3.8, 4) is 0 Å². The highest BCUT2D eigenvalue weighted by atomic mass is 35.5. The largest absolute Gasteiger partial charge is 0.367 e. The lowest BCUT2D eigenvalue weighted by Gasteiger charge is -2.36. The molecule has 2 rings (SSSR count). The fourth-order valence-electron chi connectivity index (χ4n) is 2.83. The van der Waals surface area contributed by atoms with Crippen LogP contribution >= 0.6 is 23.8 Å². The van der Waals surface area contributed by atoms with Crippen LogP contribution in [-0.4, -0.2) is 48.0 Å². The van der Waals surface area contributed by atoms with Gasteiger partial charge >= 0.3 is 0 Å². The monoisotopic (exact) mass is 410 g/mol. The van der Waals surface area contributed by atoms with Gasteiger partial charge in [0, 0.05) is 44.2 Å². The first kappa shape index (κ1) is 21.4. The molecule has 0 spiro atoms. The Kier molecular flexibility index (Phi) is 7.86. The van der Waals surface area contributed by atoms with Crippen molar-refractivity contribution in [2.75, 3.05) is 36.4 Å². The molecule has 1 aromatic carbocycles. The molecule has 148 valence electrons. The lowest BCUT2D eigenvalue weighted by atomic mass is 10.2. The molecule has 1 aromatic rings. The molecule has 0 aromatic heterocycles. The fraction of sp³-hybridized carbons (Fsp3) is 0.526. The molecule has 0 radical (unpaired) electrons. The van der Waals surface area contributed by atoms with Crippen LogP contribution in [0.2, 0.25) is 5.02 Å². The molecule has 27 heavy (non-hydrogen) atoms. The topological polar surface area (TPSA) is 64.7 Å². The standard InChI is InChI=1S/C19H27ClN4O2S/c1-4-5-17(25)24-10-8-23(9-11-24)16-7-6-14(12-15(16)20)21-19(27)22-18(26)13(2)3/h6-7,12-13H,4-5,8-11H2,1-3H3,(H2,21,22,26,27). The van der Waals surface area contributed by atoms with Gasteiger partial charge in [-0.05, 0) is 36.8 Å². The minimum absolute atomic E-state index is 0.134. The van der Waals surface area contributed by atoms with E-state index in [-0.39, 0.29) is 22.8 Å². The van der Waals surface area contributed by atoms with Gasteiger partial charge in [0.2, 0.25) is 11.8 Å². The van der Waals surface area contributed by atoms with E-state index in [2.05, 4.69) is 15.5 Å². The molecule has 2 N–H and O–H groups in total. The van der Waals surface area contributed by atoms with Gasteiger partial charge in [-0.15, -0.1) is 0 Å². The van der Waals surface area contributed by atoms with Crippen molar-refractivity contribution in [2.45, 2.75) is 33.6 Å². The van der Waals surface area contributed by atoms with Crippen molar-refractivity contribution in [2.24, 2.45) is 5.92 Å². The molecule has 0 atom stereocenters. The summed E-state index contributed by atoms with van der Waals surface area (Å²) in [5.74, 6) is -0.0518. The van der Waals surface area contributed by atoms with Crippen LogP contribution in [0.25, 0.3) is 0 Å². The minimum atomic E-state index is -0.140. The first-order chi connectivity index (χ1) is 12.8. The Morgan fingerprint density at radius 3 is 2.44 bits per heavy atom. The smallest absolute Gasteiger partial charge is 0.228 e. The third-order valence-electron chi connectivity index (χ3n) is 4.40. The summed E-state index contributed by atoms with van der Waals surface area (Å²) >= 11 is 11.6. The Morgan fingerprint density at radius 1 is 1.22 bits per heavy atom. The molecule has 1 fully saturated rings. The first-order valence-electron chi connectivity index (χ1n) is 9.26. The van der Waals surface area contributed by atoms with Crippen molar-refractivity contribution < 1.29 is 9.59 Å². The van der Waals surface area contributed by atoms with Gasteiger partial charge in [0.25, 0.3) is 0 Å². The average molecular weight is 411 g/mol. The van der Waals surface area contributed by atoms with E-state index in [0.29, 0.717) is 24.5 Å². The molecule has 8 heteroatoms. The predicted octanol–water partition coefficient (Wildman–Crippen LogP) is 3.26. The van der Waals surface area contributed by atoms with E-state index in [0.717, 1.165) is 30.9 Å². The average Bonchev–Trinajstić information content (AvgIpc) is 2.62. The van der Waals surface area contributed by atoms with Crippen LogP contribution in [0.3, 0.4) is 0 Å². The van der Waals surface area contributed by atoms with Crippen molar-refractivity contribution in [3.05, 3.63) is 23.2 Å². The van der Waals surface area contributed by atoms with E-state index < -0.39 is 0 Å². The van der Waals surface area contributed by atoms with Crippen LogP contribution < -0.4 is 15.5 Å². The number of halogens is 1. The Labute approximate surface area is 171 Å². The van der Waals surface area contributed by atoms with Gasteiger partial charge in [-0.1, -0.05) is 32.4 Å². The second-order valence-corrected chi connectivity index (χ2v) is 7.70. The molecule has 2 amide bonds. The maximum absolute atomic E-state index is 12.0. The lowest BCUT2D eigenvalue weighted by Crippen LogP contribution is -2.48. The Balaban J connectivity index is 1.94. The molecule has 6 nitrogen and oxygen atoms in total. The number of nitrogens with zero attached hydrogens (tertiary/aromatic N) is 2. The van der Waals surface area contributed by atoms with Crippen molar-refractivity contribution >= 4 is 52.1 Å². The number of carbonyl (C=O) groups is 2. The third-order valence-corrected chi connectivity index (χ3v) is 4.91. The van der Waals surface area contributed by atoms with E-state index >= 15 is 0 Å². The number of benzene rings is 1. The summed E-state index contributed by atoms with van der Waals surface area (Å²) in [5.41, 5.74) is 1.65. The maximum atomic E-state index is 12.0. The van der Waals surface area contributed by atoms with Gasteiger partial charge in [0.1, 0.15) is 0 Å². The molecule has 0 unspecified atom stereocenters. The fourth-order valence-corrected chi connectivity index (χ4v) is 3.35. The Bertz CT molecular complexity index is 703. The maximum Gasteiger partial charge on any atom is 0.228 e. The zero-order chi connectivity index (χ0) is 20.0. The molecule has 1 saturated heterocycles. The number of piperazine rings is 1. The second kappa shape index (κ2) is 9.90. The quantitative estimate of drug-likeness (QED) is 0.729. The van der Waals surface area contributed by atoms with Crippen molar-refractivity contribution in [1.82, 2.24) is 10.2 Å². The predicted molar refractivity (Wildman–Crippen MR) is 114 cm³/mol. The van der Waals surface area contributed by atoms with Gasteiger partial charge in [-0.3, -0.25) is 9.59 Å². The van der Waals surface area contributed by atoms with Gasteiger partial charge in [0.05, 0.1) is 10.7 Å². The summed E-state index contributed by atoms with van der Waals surface area (Å²) in [7, 11) is 0. The summed E-state index contributed by atoms with van der Waals surface area (Å²) in [4.78, 5) is 27.8. The summed E-state index contributed by atoms with van der Waals surface area (Å²) < 4.78 is 0. The molecule has 1 aliphatic heterocycles. The van der Waals surface area contributed by atoms with E-state index in [1.807, 2.05) is 24.0 Å². The van der Waals surface area contributed by atoms with Crippen LogP contribution in [0.5, 0.6) is 0 Å². The molecular formula is C19H27ClN4O2S. The number of rotatable bonds is 5. The van der Waals surface area contributed by atoms with Crippen LogP contribution in [0.1, 0.15) is 33.6 Å². The summed E-state index contributed by atoms with van der Waals surface area (Å²) in [6, 6.07) is 5.60.